The highest BCUT2D eigenvalue weighted by molar-refractivity contribution is 5.83. The van der Waals surface area contributed by atoms with Crippen LogP contribution >= 0.6 is 0 Å². The number of ketones is 1. The number of rotatable bonds is 6. The maximum absolute atomic E-state index is 12.4. The molecule has 94 valence electrons. The molecule has 0 unspecified atom stereocenters. The zero-order chi connectivity index (χ0) is 11.8. The van der Waals surface area contributed by atoms with E-state index in [1.54, 1.807) is 0 Å². The summed E-state index contributed by atoms with van der Waals surface area (Å²) in [6, 6.07) is 0. The Balaban J connectivity index is 2.49. The highest BCUT2D eigenvalue weighted by Crippen LogP contribution is 2.28. The van der Waals surface area contributed by atoms with Crippen LogP contribution in [0.1, 0.15) is 78.1 Å². The molecule has 16 heavy (non-hydrogen) atoms. The van der Waals surface area contributed by atoms with Gasteiger partial charge in [-0.05, 0) is 25.7 Å². The monoisotopic (exact) mass is 224 g/mol. The van der Waals surface area contributed by atoms with Gasteiger partial charge in [-0.25, -0.2) is 0 Å². The molecule has 0 amide bonds. The molecule has 1 heteroatoms. The second-order valence-electron chi connectivity index (χ2n) is 5.37. The summed E-state index contributed by atoms with van der Waals surface area (Å²) >= 11 is 0. The van der Waals surface area contributed by atoms with Gasteiger partial charge in [0.1, 0.15) is 5.78 Å². The molecule has 0 heterocycles. The van der Waals surface area contributed by atoms with Crippen LogP contribution in [0.25, 0.3) is 0 Å². The molecular formula is C15H28O. The summed E-state index contributed by atoms with van der Waals surface area (Å²) < 4.78 is 0. The molecule has 1 fully saturated rings. The van der Waals surface area contributed by atoms with Crippen molar-refractivity contribution in [2.75, 3.05) is 0 Å². The summed E-state index contributed by atoms with van der Waals surface area (Å²) in [4.78, 5) is 12.4. The molecule has 1 nitrogen and oxygen atoms in total. The van der Waals surface area contributed by atoms with Gasteiger partial charge in [0.2, 0.25) is 0 Å². The van der Waals surface area contributed by atoms with E-state index in [1.165, 1.54) is 38.5 Å². The summed E-state index contributed by atoms with van der Waals surface area (Å²) in [6.45, 7) is 4.39. The molecule has 0 N–H and O–H groups in total. The van der Waals surface area contributed by atoms with Crippen LogP contribution in [0.2, 0.25) is 0 Å². The maximum Gasteiger partial charge on any atom is 0.139 e. The number of hydrogen-bond acceptors (Lipinski definition) is 1. The van der Waals surface area contributed by atoms with Crippen LogP contribution < -0.4 is 0 Å². The van der Waals surface area contributed by atoms with Crippen LogP contribution in [0.3, 0.4) is 0 Å². The van der Waals surface area contributed by atoms with E-state index in [0.29, 0.717) is 17.6 Å². The van der Waals surface area contributed by atoms with Crippen LogP contribution in [-0.4, -0.2) is 5.78 Å². The third kappa shape index (κ3) is 4.27. The van der Waals surface area contributed by atoms with E-state index in [0.717, 1.165) is 25.7 Å². The van der Waals surface area contributed by atoms with Crippen LogP contribution in [-0.2, 0) is 4.79 Å². The Kier molecular flexibility index (Phi) is 6.75. The van der Waals surface area contributed by atoms with Gasteiger partial charge in [0.15, 0.2) is 0 Å². The lowest BCUT2D eigenvalue weighted by molar-refractivity contribution is -0.127. The minimum atomic E-state index is 0.373. The molecule has 0 atom stereocenters. The molecule has 0 aliphatic heterocycles. The summed E-state index contributed by atoms with van der Waals surface area (Å²) in [5.41, 5.74) is 0. The first-order chi connectivity index (χ1) is 7.79. The fourth-order valence-electron chi connectivity index (χ4n) is 3.02. The first kappa shape index (κ1) is 13.7. The van der Waals surface area contributed by atoms with Crippen molar-refractivity contribution >= 4 is 5.78 Å². The fraction of sp³-hybridized carbons (Fsp3) is 0.933. The van der Waals surface area contributed by atoms with E-state index in [4.69, 9.17) is 0 Å². The molecule has 0 bridgehead atoms. The second-order valence-corrected chi connectivity index (χ2v) is 5.37. The molecule has 1 rings (SSSR count). The summed E-state index contributed by atoms with van der Waals surface area (Å²) in [7, 11) is 0. The van der Waals surface area contributed by atoms with Crippen LogP contribution in [0, 0.1) is 11.8 Å². The minimum Gasteiger partial charge on any atom is -0.299 e. The van der Waals surface area contributed by atoms with E-state index in [-0.39, 0.29) is 0 Å². The predicted molar refractivity (Wildman–Crippen MR) is 69.5 cm³/mol. The molecule has 1 saturated carbocycles. The zero-order valence-corrected chi connectivity index (χ0v) is 11.1. The van der Waals surface area contributed by atoms with E-state index in [1.807, 2.05) is 0 Å². The van der Waals surface area contributed by atoms with E-state index in [9.17, 15) is 4.79 Å². The Bertz CT molecular complexity index is 180. The van der Waals surface area contributed by atoms with Gasteiger partial charge in [-0.15, -0.1) is 0 Å². The quantitative estimate of drug-likeness (QED) is 0.595. The lowest BCUT2D eigenvalue weighted by Gasteiger charge is -2.20. The van der Waals surface area contributed by atoms with Gasteiger partial charge in [-0.3, -0.25) is 4.79 Å². The van der Waals surface area contributed by atoms with Gasteiger partial charge in [-0.2, -0.15) is 0 Å². The topological polar surface area (TPSA) is 17.1 Å². The average molecular weight is 224 g/mol. The van der Waals surface area contributed by atoms with E-state index < -0.39 is 0 Å². The third-order valence-electron chi connectivity index (χ3n) is 3.93. The summed E-state index contributed by atoms with van der Waals surface area (Å²) in [6.07, 6.45) is 12.1. The Labute approximate surface area is 101 Å². The zero-order valence-electron chi connectivity index (χ0n) is 11.1. The van der Waals surface area contributed by atoms with E-state index in [2.05, 4.69) is 13.8 Å². The summed E-state index contributed by atoms with van der Waals surface area (Å²) in [5.74, 6) is 1.38. The van der Waals surface area contributed by atoms with Gasteiger partial charge in [0, 0.05) is 11.8 Å². The molecule has 0 aromatic rings. The predicted octanol–water partition coefficient (Wildman–Crippen LogP) is 4.74. The van der Waals surface area contributed by atoms with Crippen molar-refractivity contribution in [3.63, 3.8) is 0 Å². The van der Waals surface area contributed by atoms with E-state index >= 15 is 0 Å². The van der Waals surface area contributed by atoms with Crippen molar-refractivity contribution < 1.29 is 4.79 Å². The maximum atomic E-state index is 12.4. The highest BCUT2D eigenvalue weighted by atomic mass is 16.1. The SMILES string of the molecule is CCCC(CCC)C(=O)C1CCCCCC1. The van der Waals surface area contributed by atoms with Crippen molar-refractivity contribution in [3.05, 3.63) is 0 Å². The Morgan fingerprint density at radius 2 is 1.50 bits per heavy atom. The van der Waals surface area contributed by atoms with Gasteiger partial charge >= 0.3 is 0 Å². The first-order valence-corrected chi connectivity index (χ1v) is 7.33. The van der Waals surface area contributed by atoms with Gasteiger partial charge in [-0.1, -0.05) is 52.4 Å². The van der Waals surface area contributed by atoms with Crippen LogP contribution in [0.4, 0.5) is 0 Å². The minimum absolute atomic E-state index is 0.373. The average Bonchev–Trinajstić information content (AvgIpc) is 2.56. The largest absolute Gasteiger partial charge is 0.299 e. The Hall–Kier alpha value is -0.330. The lowest BCUT2D eigenvalue weighted by atomic mass is 9.83. The normalized spacial score (nSPS) is 18.7. The van der Waals surface area contributed by atoms with Crippen molar-refractivity contribution in [2.45, 2.75) is 78.1 Å². The van der Waals surface area contributed by atoms with Crippen molar-refractivity contribution in [2.24, 2.45) is 11.8 Å². The third-order valence-corrected chi connectivity index (χ3v) is 3.93. The van der Waals surface area contributed by atoms with Crippen LogP contribution in [0.15, 0.2) is 0 Å². The number of hydrogen-bond donors (Lipinski definition) is 0. The molecule has 1 aliphatic carbocycles. The molecule has 0 radical (unpaired) electrons. The molecular weight excluding hydrogens is 196 g/mol. The number of carbonyl (C=O) groups is 1. The van der Waals surface area contributed by atoms with Crippen molar-refractivity contribution in [1.29, 1.82) is 0 Å². The standard InChI is InChI=1S/C15H28O/c1-3-9-13(10-4-2)15(16)14-11-7-5-6-8-12-14/h13-14H,3-12H2,1-2H3. The van der Waals surface area contributed by atoms with Crippen LogP contribution in [0.5, 0.6) is 0 Å². The second kappa shape index (κ2) is 7.86. The lowest BCUT2D eigenvalue weighted by Crippen LogP contribution is -2.23. The first-order valence-electron chi connectivity index (χ1n) is 7.33. The molecule has 0 spiro atoms. The summed E-state index contributed by atoms with van der Waals surface area (Å²) in [5, 5.41) is 0. The van der Waals surface area contributed by atoms with Crippen molar-refractivity contribution in [3.8, 4) is 0 Å². The van der Waals surface area contributed by atoms with Gasteiger partial charge in [0.25, 0.3) is 0 Å². The molecule has 0 aromatic heterocycles. The molecule has 0 aromatic carbocycles. The smallest absolute Gasteiger partial charge is 0.139 e. The molecule has 1 aliphatic rings. The number of Topliss-reactive ketones (excluding diaryl/α,β-unsaturated/α-hetero) is 1. The Morgan fingerprint density at radius 1 is 1.00 bits per heavy atom. The van der Waals surface area contributed by atoms with Crippen molar-refractivity contribution in [1.82, 2.24) is 0 Å². The van der Waals surface area contributed by atoms with Gasteiger partial charge < -0.3 is 0 Å². The fourth-order valence-corrected chi connectivity index (χ4v) is 3.02. The number of carbonyl (C=O) groups excluding carboxylic acids is 1. The Morgan fingerprint density at radius 3 is 1.94 bits per heavy atom. The highest BCUT2D eigenvalue weighted by Gasteiger charge is 2.26. The molecule has 0 saturated heterocycles. The van der Waals surface area contributed by atoms with Gasteiger partial charge in [0.05, 0.1) is 0 Å².